The van der Waals surface area contributed by atoms with Crippen LogP contribution in [0.15, 0.2) is 42.7 Å². The molecule has 21 heavy (non-hydrogen) atoms. The first-order valence-corrected chi connectivity index (χ1v) is 7.68. The summed E-state index contributed by atoms with van der Waals surface area (Å²) in [5.74, 6) is 0. The highest BCUT2D eigenvalue weighted by Crippen LogP contribution is 2.23. The highest BCUT2D eigenvalue weighted by atomic mass is 16.3. The fourth-order valence-electron chi connectivity index (χ4n) is 3.00. The number of β-amino-alcohol motifs (C(OH)–C–C–N with tert-alkyl or cyclic N) is 1. The van der Waals surface area contributed by atoms with Gasteiger partial charge in [-0.15, -0.1) is 0 Å². The molecule has 4 nitrogen and oxygen atoms in total. The lowest BCUT2D eigenvalue weighted by molar-refractivity contribution is 0.0890. The maximum absolute atomic E-state index is 10.4. The maximum Gasteiger partial charge on any atom is 0.0916 e. The van der Waals surface area contributed by atoms with E-state index < -0.39 is 6.10 Å². The molecule has 1 N–H and O–H groups in total. The van der Waals surface area contributed by atoms with E-state index in [1.165, 1.54) is 5.56 Å². The van der Waals surface area contributed by atoms with Gasteiger partial charge >= 0.3 is 0 Å². The molecule has 0 spiro atoms. The van der Waals surface area contributed by atoms with Crippen molar-refractivity contribution in [2.24, 2.45) is 0 Å². The van der Waals surface area contributed by atoms with Crippen LogP contribution in [0, 0.1) is 6.92 Å². The van der Waals surface area contributed by atoms with E-state index in [1.54, 1.807) is 0 Å². The summed E-state index contributed by atoms with van der Waals surface area (Å²) in [6, 6.07) is 10.7. The number of piperidine rings is 1. The molecule has 1 aromatic heterocycles. The third-order valence-electron chi connectivity index (χ3n) is 4.35. The molecule has 1 aliphatic rings. The number of hydrogen-bond donors (Lipinski definition) is 1. The molecule has 1 aliphatic heterocycles. The molecule has 0 saturated carbocycles. The maximum atomic E-state index is 10.4. The molecular weight excluding hydrogens is 262 g/mol. The van der Waals surface area contributed by atoms with Crippen LogP contribution in [-0.2, 0) is 0 Å². The molecule has 4 heteroatoms. The number of hydrogen-bond acceptors (Lipinski definition) is 3. The molecular formula is C17H23N3O. The van der Waals surface area contributed by atoms with Gasteiger partial charge < -0.3 is 10.0 Å². The predicted molar refractivity (Wildman–Crippen MR) is 83.1 cm³/mol. The Morgan fingerprint density at radius 1 is 1.24 bits per heavy atom. The Balaban J connectivity index is 1.52. The minimum atomic E-state index is -0.396. The van der Waals surface area contributed by atoms with Crippen LogP contribution >= 0.6 is 0 Å². The molecule has 1 unspecified atom stereocenters. The van der Waals surface area contributed by atoms with E-state index in [4.69, 9.17) is 0 Å². The Kier molecular flexibility index (Phi) is 4.36. The Morgan fingerprint density at radius 3 is 2.57 bits per heavy atom. The lowest BCUT2D eigenvalue weighted by atomic mass is 10.0. The molecule has 3 rings (SSSR count). The van der Waals surface area contributed by atoms with Gasteiger partial charge in [0.2, 0.25) is 0 Å². The zero-order valence-corrected chi connectivity index (χ0v) is 12.5. The van der Waals surface area contributed by atoms with E-state index >= 15 is 0 Å². The second-order valence-electron chi connectivity index (χ2n) is 5.94. The molecule has 112 valence electrons. The summed E-state index contributed by atoms with van der Waals surface area (Å²) in [5.41, 5.74) is 2.24. The highest BCUT2D eigenvalue weighted by molar-refractivity contribution is 5.23. The standard InChI is InChI=1S/C17H23N3O/c1-14-3-5-15(6-4-14)17(21)13-19-11-7-16(8-12-19)20-10-2-9-18-20/h2-6,9-10,16-17,21H,7-8,11-13H2,1H3. The summed E-state index contributed by atoms with van der Waals surface area (Å²) in [5, 5.41) is 14.7. The summed E-state index contributed by atoms with van der Waals surface area (Å²) in [6.07, 6.45) is 5.69. The van der Waals surface area contributed by atoms with Gasteiger partial charge in [-0.1, -0.05) is 29.8 Å². The van der Waals surface area contributed by atoms with Gasteiger partial charge in [0.1, 0.15) is 0 Å². The Labute approximate surface area is 126 Å². The minimum absolute atomic E-state index is 0.396. The second-order valence-corrected chi connectivity index (χ2v) is 5.94. The predicted octanol–water partition coefficient (Wildman–Crippen LogP) is 2.56. The molecule has 2 aromatic rings. The molecule has 0 amide bonds. The van der Waals surface area contributed by atoms with Crippen molar-refractivity contribution in [1.82, 2.24) is 14.7 Å². The van der Waals surface area contributed by atoms with Crippen LogP contribution in [0.1, 0.15) is 36.1 Å². The van der Waals surface area contributed by atoms with E-state index in [1.807, 2.05) is 30.6 Å². The van der Waals surface area contributed by atoms with Crippen LogP contribution in [-0.4, -0.2) is 39.4 Å². The van der Waals surface area contributed by atoms with E-state index in [-0.39, 0.29) is 0 Å². The SMILES string of the molecule is Cc1ccc(C(O)CN2CCC(n3cccn3)CC2)cc1. The molecule has 0 bridgehead atoms. The first-order chi connectivity index (χ1) is 10.2. The summed E-state index contributed by atoms with van der Waals surface area (Å²) >= 11 is 0. The number of rotatable bonds is 4. The number of nitrogens with zero attached hydrogens (tertiary/aromatic N) is 3. The van der Waals surface area contributed by atoms with Crippen molar-refractivity contribution in [2.45, 2.75) is 31.9 Å². The third-order valence-corrected chi connectivity index (χ3v) is 4.35. The van der Waals surface area contributed by atoms with Gasteiger partial charge in [-0.25, -0.2) is 0 Å². The zero-order valence-electron chi connectivity index (χ0n) is 12.5. The number of likely N-dealkylation sites (tertiary alicyclic amines) is 1. The number of aliphatic hydroxyl groups excluding tert-OH is 1. The number of aromatic nitrogens is 2. The number of aliphatic hydroxyl groups is 1. The first-order valence-electron chi connectivity index (χ1n) is 7.68. The lowest BCUT2D eigenvalue weighted by Gasteiger charge is -2.33. The minimum Gasteiger partial charge on any atom is -0.387 e. The summed E-state index contributed by atoms with van der Waals surface area (Å²) in [7, 11) is 0. The van der Waals surface area contributed by atoms with E-state index in [0.29, 0.717) is 6.04 Å². The van der Waals surface area contributed by atoms with Crippen LogP contribution in [0.25, 0.3) is 0 Å². The summed E-state index contributed by atoms with van der Waals surface area (Å²) in [4.78, 5) is 2.35. The molecule has 1 fully saturated rings. The number of aryl methyl sites for hydroxylation is 1. The van der Waals surface area contributed by atoms with Gasteiger partial charge in [-0.2, -0.15) is 5.10 Å². The monoisotopic (exact) mass is 285 g/mol. The van der Waals surface area contributed by atoms with Crippen molar-refractivity contribution < 1.29 is 5.11 Å². The average Bonchev–Trinajstić information content (AvgIpc) is 3.03. The molecule has 1 aromatic carbocycles. The third kappa shape index (κ3) is 3.52. The van der Waals surface area contributed by atoms with Crippen molar-refractivity contribution in [3.63, 3.8) is 0 Å². The number of benzene rings is 1. The molecule has 1 atom stereocenters. The van der Waals surface area contributed by atoms with Crippen molar-refractivity contribution in [1.29, 1.82) is 0 Å². The van der Waals surface area contributed by atoms with Crippen molar-refractivity contribution in [3.8, 4) is 0 Å². The van der Waals surface area contributed by atoms with E-state index in [9.17, 15) is 5.11 Å². The Bertz CT molecular complexity index is 542. The molecule has 1 saturated heterocycles. The van der Waals surface area contributed by atoms with E-state index in [0.717, 1.165) is 38.0 Å². The van der Waals surface area contributed by atoms with Gasteiger partial charge in [-0.3, -0.25) is 4.68 Å². The summed E-state index contributed by atoms with van der Waals surface area (Å²) in [6.45, 7) is 4.83. The molecule has 2 heterocycles. The van der Waals surface area contributed by atoms with Gasteiger partial charge in [0.25, 0.3) is 0 Å². The Hall–Kier alpha value is -1.65. The fourth-order valence-corrected chi connectivity index (χ4v) is 3.00. The van der Waals surface area contributed by atoms with Gasteiger partial charge in [0, 0.05) is 32.0 Å². The van der Waals surface area contributed by atoms with Crippen LogP contribution in [0.2, 0.25) is 0 Å². The van der Waals surface area contributed by atoms with Gasteiger partial charge in [-0.05, 0) is 31.4 Å². The fraction of sp³-hybridized carbons (Fsp3) is 0.471. The van der Waals surface area contributed by atoms with Crippen LogP contribution < -0.4 is 0 Å². The smallest absolute Gasteiger partial charge is 0.0916 e. The van der Waals surface area contributed by atoms with Gasteiger partial charge in [0.05, 0.1) is 12.1 Å². The van der Waals surface area contributed by atoms with Gasteiger partial charge in [0.15, 0.2) is 0 Å². The molecule has 0 aliphatic carbocycles. The lowest BCUT2D eigenvalue weighted by Crippen LogP contribution is -2.37. The highest BCUT2D eigenvalue weighted by Gasteiger charge is 2.22. The van der Waals surface area contributed by atoms with Crippen molar-refractivity contribution in [2.75, 3.05) is 19.6 Å². The zero-order chi connectivity index (χ0) is 14.7. The first kappa shape index (κ1) is 14.3. The van der Waals surface area contributed by atoms with Crippen LogP contribution in [0.4, 0.5) is 0 Å². The second kappa shape index (κ2) is 6.41. The van der Waals surface area contributed by atoms with Crippen molar-refractivity contribution in [3.05, 3.63) is 53.9 Å². The largest absolute Gasteiger partial charge is 0.387 e. The van der Waals surface area contributed by atoms with Crippen LogP contribution in [0.5, 0.6) is 0 Å². The Morgan fingerprint density at radius 2 is 1.95 bits per heavy atom. The average molecular weight is 285 g/mol. The van der Waals surface area contributed by atoms with Crippen molar-refractivity contribution >= 4 is 0 Å². The quantitative estimate of drug-likeness (QED) is 0.938. The summed E-state index contributed by atoms with van der Waals surface area (Å²) < 4.78 is 2.06. The normalized spacial score (nSPS) is 18.8. The van der Waals surface area contributed by atoms with Crippen LogP contribution in [0.3, 0.4) is 0 Å². The van der Waals surface area contributed by atoms with E-state index in [2.05, 4.69) is 33.7 Å². The molecule has 0 radical (unpaired) electrons. The topological polar surface area (TPSA) is 41.3 Å².